The summed E-state index contributed by atoms with van der Waals surface area (Å²) in [6, 6.07) is 2.64. The van der Waals surface area contributed by atoms with E-state index >= 15 is 0 Å². The topological polar surface area (TPSA) is 113 Å². The molecule has 0 aliphatic carbocycles. The lowest BCUT2D eigenvalue weighted by Gasteiger charge is -2.36. The number of fused-ring (bicyclic) bond motifs is 1. The van der Waals surface area contributed by atoms with Gasteiger partial charge in [-0.15, -0.1) is 0 Å². The van der Waals surface area contributed by atoms with E-state index in [1.807, 2.05) is 19.9 Å². The Bertz CT molecular complexity index is 1350. The summed E-state index contributed by atoms with van der Waals surface area (Å²) in [6.45, 7) is 6.92. The van der Waals surface area contributed by atoms with Gasteiger partial charge in [0, 0.05) is 25.8 Å². The van der Waals surface area contributed by atoms with Crippen molar-refractivity contribution in [2.75, 3.05) is 31.1 Å². The Morgan fingerprint density at radius 2 is 2.08 bits per heavy atom. The Morgan fingerprint density at radius 1 is 1.30 bits per heavy atom. The molecule has 37 heavy (non-hydrogen) atoms. The number of carbonyl (C=O) groups is 3. The Morgan fingerprint density at radius 3 is 2.81 bits per heavy atom. The summed E-state index contributed by atoms with van der Waals surface area (Å²) in [5, 5.41) is 2.77. The number of ether oxygens (including phenoxy) is 1. The highest BCUT2D eigenvalue weighted by Crippen LogP contribution is 2.34. The standard InChI is InChI=1S/C25H29N5O5S2/c1-4-6-10-29-24(34)18(37-25(29)36)12-16-21(27-19-8-7-15(3)14-30(19)23(16)33)28-11-9-26-22(32)17(28)13-20(31)35-5-2/h7-8,12,14,17H,4-6,9-11,13H2,1-3H3,(H,26,32)/b18-12-. The molecule has 4 heterocycles. The molecule has 2 aliphatic heterocycles. The SMILES string of the molecule is CCCCN1C(=O)/C(=C/c2c(N3CCNC(=O)C3CC(=O)OCC)nc3ccc(C)cn3c2=O)SC1=S. The number of unbranched alkanes of at least 4 members (excludes halogenated alkanes) is 1. The molecule has 12 heteroatoms. The summed E-state index contributed by atoms with van der Waals surface area (Å²) >= 11 is 6.57. The number of pyridine rings is 1. The van der Waals surface area contributed by atoms with Crippen LogP contribution in [0.3, 0.4) is 0 Å². The molecule has 10 nitrogen and oxygen atoms in total. The second-order valence-corrected chi connectivity index (χ2v) is 10.5. The van der Waals surface area contributed by atoms with Crippen LogP contribution in [-0.2, 0) is 19.1 Å². The second kappa shape index (κ2) is 11.4. The van der Waals surface area contributed by atoms with E-state index in [0.717, 1.165) is 30.2 Å². The largest absolute Gasteiger partial charge is 0.466 e. The van der Waals surface area contributed by atoms with Gasteiger partial charge in [0.25, 0.3) is 11.5 Å². The molecule has 2 aromatic heterocycles. The lowest BCUT2D eigenvalue weighted by molar-refractivity contribution is -0.145. The first-order chi connectivity index (χ1) is 17.7. The van der Waals surface area contributed by atoms with Crippen LogP contribution in [0.2, 0.25) is 0 Å². The summed E-state index contributed by atoms with van der Waals surface area (Å²) in [5.74, 6) is -0.914. The fourth-order valence-electron chi connectivity index (χ4n) is 4.28. The number of aryl methyl sites for hydroxylation is 1. The number of piperazine rings is 1. The van der Waals surface area contributed by atoms with Crippen molar-refractivity contribution in [3.8, 4) is 0 Å². The molecule has 1 atom stereocenters. The average Bonchev–Trinajstić information content (AvgIpc) is 3.13. The first-order valence-electron chi connectivity index (χ1n) is 12.2. The summed E-state index contributed by atoms with van der Waals surface area (Å²) in [4.78, 5) is 60.3. The fraction of sp³-hybridized carbons (Fsp3) is 0.440. The number of aromatic nitrogens is 2. The number of thiocarbonyl (C=S) groups is 1. The van der Waals surface area contributed by atoms with Gasteiger partial charge in [-0.25, -0.2) is 4.98 Å². The van der Waals surface area contributed by atoms with E-state index in [1.54, 1.807) is 29.0 Å². The lowest BCUT2D eigenvalue weighted by Crippen LogP contribution is -2.57. The number of carbonyl (C=O) groups excluding carboxylic acids is 3. The third kappa shape index (κ3) is 5.54. The number of nitrogens with one attached hydrogen (secondary N) is 1. The Kier molecular flexibility index (Phi) is 8.28. The Balaban J connectivity index is 1.86. The van der Waals surface area contributed by atoms with Crippen LogP contribution in [-0.4, -0.2) is 68.7 Å². The monoisotopic (exact) mass is 543 g/mol. The van der Waals surface area contributed by atoms with Crippen molar-refractivity contribution in [1.29, 1.82) is 0 Å². The van der Waals surface area contributed by atoms with Crippen molar-refractivity contribution in [2.24, 2.45) is 0 Å². The number of hydrogen-bond acceptors (Lipinski definition) is 9. The molecule has 2 amide bonds. The van der Waals surface area contributed by atoms with Crippen LogP contribution in [0.15, 0.2) is 28.0 Å². The van der Waals surface area contributed by atoms with Crippen molar-refractivity contribution >= 4 is 63.6 Å². The van der Waals surface area contributed by atoms with E-state index in [0.29, 0.717) is 34.5 Å². The lowest BCUT2D eigenvalue weighted by atomic mass is 10.1. The molecular formula is C25H29N5O5S2. The number of amides is 2. The summed E-state index contributed by atoms with van der Waals surface area (Å²) in [7, 11) is 0. The third-order valence-corrected chi connectivity index (χ3v) is 7.52. The molecule has 0 radical (unpaired) electrons. The molecule has 0 bridgehead atoms. The van der Waals surface area contributed by atoms with Gasteiger partial charge in [0.15, 0.2) is 0 Å². The molecule has 0 spiro atoms. The predicted octanol–water partition coefficient (Wildman–Crippen LogP) is 2.26. The number of anilines is 1. The first-order valence-corrected chi connectivity index (χ1v) is 13.5. The van der Waals surface area contributed by atoms with Gasteiger partial charge < -0.3 is 15.0 Å². The van der Waals surface area contributed by atoms with E-state index < -0.39 is 12.0 Å². The van der Waals surface area contributed by atoms with Crippen LogP contribution >= 0.6 is 24.0 Å². The molecular weight excluding hydrogens is 514 g/mol. The summed E-state index contributed by atoms with van der Waals surface area (Å²) < 4.78 is 6.94. The van der Waals surface area contributed by atoms with Crippen LogP contribution in [0.1, 0.15) is 44.2 Å². The maximum Gasteiger partial charge on any atom is 0.308 e. The minimum atomic E-state index is -0.918. The summed E-state index contributed by atoms with van der Waals surface area (Å²) in [6.07, 6.45) is 4.71. The van der Waals surface area contributed by atoms with Gasteiger partial charge >= 0.3 is 5.97 Å². The van der Waals surface area contributed by atoms with E-state index in [1.165, 1.54) is 10.5 Å². The van der Waals surface area contributed by atoms with E-state index in [-0.39, 0.29) is 41.8 Å². The predicted molar refractivity (Wildman–Crippen MR) is 146 cm³/mol. The van der Waals surface area contributed by atoms with Crippen LogP contribution < -0.4 is 15.8 Å². The van der Waals surface area contributed by atoms with E-state index in [2.05, 4.69) is 5.32 Å². The van der Waals surface area contributed by atoms with Gasteiger partial charge in [0.05, 0.1) is 23.5 Å². The zero-order valence-electron chi connectivity index (χ0n) is 21.0. The first kappa shape index (κ1) is 26.8. The molecule has 4 rings (SSSR count). The van der Waals surface area contributed by atoms with Crippen LogP contribution in [0, 0.1) is 6.92 Å². The van der Waals surface area contributed by atoms with Gasteiger partial charge in [-0.05, 0) is 38.0 Å². The molecule has 1 unspecified atom stereocenters. The molecule has 0 aromatic carbocycles. The fourth-order valence-corrected chi connectivity index (χ4v) is 5.57. The number of rotatable bonds is 8. The van der Waals surface area contributed by atoms with Crippen molar-refractivity contribution in [3.05, 3.63) is 44.7 Å². The highest BCUT2D eigenvalue weighted by molar-refractivity contribution is 8.26. The van der Waals surface area contributed by atoms with Gasteiger partial charge in [-0.1, -0.05) is 43.4 Å². The maximum absolute atomic E-state index is 13.8. The average molecular weight is 544 g/mol. The molecule has 1 N–H and O–H groups in total. The minimum absolute atomic E-state index is 0.155. The Hall–Kier alpha value is -3.25. The van der Waals surface area contributed by atoms with Crippen molar-refractivity contribution in [3.63, 3.8) is 0 Å². The molecule has 2 aromatic rings. The smallest absolute Gasteiger partial charge is 0.308 e. The molecule has 196 valence electrons. The maximum atomic E-state index is 13.8. The molecule has 0 saturated carbocycles. The van der Waals surface area contributed by atoms with Crippen molar-refractivity contribution < 1.29 is 19.1 Å². The third-order valence-electron chi connectivity index (χ3n) is 6.14. The zero-order valence-corrected chi connectivity index (χ0v) is 22.6. The van der Waals surface area contributed by atoms with Gasteiger partial charge in [0.2, 0.25) is 5.91 Å². The number of thioether (sulfide) groups is 1. The van der Waals surface area contributed by atoms with Gasteiger partial charge in [-0.3, -0.25) is 28.5 Å². The van der Waals surface area contributed by atoms with Crippen molar-refractivity contribution in [1.82, 2.24) is 19.6 Å². The van der Waals surface area contributed by atoms with Gasteiger partial charge in [-0.2, -0.15) is 0 Å². The van der Waals surface area contributed by atoms with Crippen LogP contribution in [0.5, 0.6) is 0 Å². The van der Waals surface area contributed by atoms with E-state index in [9.17, 15) is 19.2 Å². The highest BCUT2D eigenvalue weighted by atomic mass is 32.2. The highest BCUT2D eigenvalue weighted by Gasteiger charge is 2.36. The molecule has 2 fully saturated rings. The quantitative estimate of drug-likeness (QED) is 0.304. The van der Waals surface area contributed by atoms with Crippen molar-refractivity contribution in [2.45, 2.75) is 46.1 Å². The molecule has 2 saturated heterocycles. The summed E-state index contributed by atoms with van der Waals surface area (Å²) in [5.41, 5.74) is 1.02. The van der Waals surface area contributed by atoms with Crippen LogP contribution in [0.25, 0.3) is 11.7 Å². The normalized spacial score (nSPS) is 19.2. The zero-order chi connectivity index (χ0) is 26.7. The number of esters is 1. The Labute approximate surface area is 224 Å². The second-order valence-electron chi connectivity index (χ2n) is 8.79. The van der Waals surface area contributed by atoms with Gasteiger partial charge in [0.1, 0.15) is 21.8 Å². The van der Waals surface area contributed by atoms with Crippen LogP contribution in [0.4, 0.5) is 5.82 Å². The molecule has 2 aliphatic rings. The minimum Gasteiger partial charge on any atom is -0.466 e. The number of nitrogens with zero attached hydrogens (tertiary/aromatic N) is 4. The van der Waals surface area contributed by atoms with E-state index in [4.69, 9.17) is 21.9 Å². The number of hydrogen-bond donors (Lipinski definition) is 1.